The van der Waals surface area contributed by atoms with Crippen molar-refractivity contribution < 1.29 is 52.3 Å². The van der Waals surface area contributed by atoms with Gasteiger partial charge >= 0.3 is 24.4 Å². The molecule has 1 rings (SSSR count). The Bertz CT molecular complexity index is 984. The molecule has 0 radical (unpaired) electrons. The number of carbonyl (C=O) groups is 4. The summed E-state index contributed by atoms with van der Waals surface area (Å²) in [6.07, 6.45) is -3.04. The first-order valence-electron chi connectivity index (χ1n) is 12.1. The lowest BCUT2D eigenvalue weighted by molar-refractivity contribution is -0.144. The molecule has 0 aliphatic carbocycles. The second-order valence-electron chi connectivity index (χ2n) is 12.1. The van der Waals surface area contributed by atoms with Gasteiger partial charge in [-0.2, -0.15) is 0 Å². The van der Waals surface area contributed by atoms with Gasteiger partial charge in [0.1, 0.15) is 22.6 Å². The molecule has 0 N–H and O–H groups in total. The molecule has 11 heteroatoms. The largest absolute Gasteiger partial charge is 0.514 e. The van der Waals surface area contributed by atoms with Gasteiger partial charge in [-0.15, -0.1) is 0 Å². The summed E-state index contributed by atoms with van der Waals surface area (Å²) < 4.78 is 36.9. The molecule has 0 amide bonds. The molecule has 0 heterocycles. The van der Waals surface area contributed by atoms with Crippen molar-refractivity contribution in [1.82, 2.24) is 0 Å². The normalized spacial score (nSPS) is 12.2. The number of esters is 1. The first kappa shape index (κ1) is 32.5. The van der Waals surface area contributed by atoms with Crippen LogP contribution >= 0.6 is 0 Å². The van der Waals surface area contributed by atoms with Crippen LogP contribution in [0.5, 0.6) is 23.0 Å². The number of hydrogen-bond acceptors (Lipinski definition) is 11. The smallest absolute Gasteiger partial charge is 0.428 e. The number of rotatable bonds is 6. The maximum absolute atomic E-state index is 12.7. The highest BCUT2D eigenvalue weighted by molar-refractivity contribution is 5.80. The van der Waals surface area contributed by atoms with E-state index in [0.29, 0.717) is 6.42 Å². The fraction of sp³-hybridized carbons (Fsp3) is 0.630. The molecule has 0 spiro atoms. The molecule has 0 aliphatic heterocycles. The average Bonchev–Trinajstić information content (AvgIpc) is 2.66. The number of hydrogen-bond donors (Lipinski definition) is 0. The molecule has 214 valence electrons. The van der Waals surface area contributed by atoms with E-state index in [-0.39, 0.29) is 5.75 Å². The minimum Gasteiger partial charge on any atom is -0.428 e. The van der Waals surface area contributed by atoms with Crippen molar-refractivity contribution in [2.24, 2.45) is 5.41 Å². The van der Waals surface area contributed by atoms with Gasteiger partial charge in [0, 0.05) is 12.1 Å². The van der Waals surface area contributed by atoms with Crippen molar-refractivity contribution in [2.75, 3.05) is 0 Å². The van der Waals surface area contributed by atoms with Crippen LogP contribution in [-0.2, 0) is 19.0 Å². The Labute approximate surface area is 224 Å². The summed E-state index contributed by atoms with van der Waals surface area (Å²) in [6, 6.07) is 2.24. The average molecular weight is 541 g/mol. The van der Waals surface area contributed by atoms with Crippen molar-refractivity contribution in [1.29, 1.82) is 0 Å². The third kappa shape index (κ3) is 11.7. The number of carbonyl (C=O) groups excluding carboxylic acids is 4. The summed E-state index contributed by atoms with van der Waals surface area (Å²) in [5, 5.41) is 0. The van der Waals surface area contributed by atoms with E-state index in [1.54, 1.807) is 76.2 Å². The second-order valence-corrected chi connectivity index (χ2v) is 12.1. The maximum Gasteiger partial charge on any atom is 0.514 e. The van der Waals surface area contributed by atoms with Gasteiger partial charge in [0.25, 0.3) is 0 Å². The molecule has 0 saturated heterocycles. The van der Waals surface area contributed by atoms with E-state index < -0.39 is 63.9 Å². The number of ether oxygens (including phenoxy) is 7. The van der Waals surface area contributed by atoms with Crippen molar-refractivity contribution in [3.8, 4) is 23.0 Å². The van der Waals surface area contributed by atoms with Gasteiger partial charge in [-0.25, -0.2) is 14.4 Å². The van der Waals surface area contributed by atoms with E-state index in [9.17, 15) is 19.2 Å². The first-order valence-corrected chi connectivity index (χ1v) is 12.1. The van der Waals surface area contributed by atoms with Crippen molar-refractivity contribution >= 4 is 24.4 Å². The highest BCUT2D eigenvalue weighted by Crippen LogP contribution is 2.43. The molecule has 0 atom stereocenters. The number of benzene rings is 1. The molecule has 1 aromatic carbocycles. The fourth-order valence-electron chi connectivity index (χ4n) is 2.33. The van der Waals surface area contributed by atoms with Crippen LogP contribution in [0.2, 0.25) is 0 Å². The van der Waals surface area contributed by atoms with Gasteiger partial charge in [0.05, 0.1) is 5.41 Å². The van der Waals surface area contributed by atoms with E-state index in [1.807, 2.05) is 6.92 Å². The van der Waals surface area contributed by atoms with Crippen LogP contribution in [0.3, 0.4) is 0 Å². The zero-order valence-corrected chi connectivity index (χ0v) is 24.4. The summed E-state index contributed by atoms with van der Waals surface area (Å²) in [5.41, 5.74) is -3.64. The lowest BCUT2D eigenvalue weighted by atomic mass is 9.91. The Morgan fingerprint density at radius 2 is 0.921 bits per heavy atom. The molecular formula is C27H40O11. The molecule has 38 heavy (non-hydrogen) atoms. The van der Waals surface area contributed by atoms with Gasteiger partial charge in [0.2, 0.25) is 5.75 Å². The Morgan fingerprint density at radius 1 is 0.579 bits per heavy atom. The third-order valence-corrected chi connectivity index (χ3v) is 4.38. The summed E-state index contributed by atoms with van der Waals surface area (Å²) in [7, 11) is 0. The van der Waals surface area contributed by atoms with Crippen LogP contribution < -0.4 is 18.9 Å². The minimum absolute atomic E-state index is 0.162. The summed E-state index contributed by atoms with van der Waals surface area (Å²) in [4.78, 5) is 50.3. The monoisotopic (exact) mass is 540 g/mol. The van der Waals surface area contributed by atoms with Crippen molar-refractivity contribution in [3.63, 3.8) is 0 Å². The zero-order chi connectivity index (χ0) is 29.7. The molecule has 11 nitrogen and oxygen atoms in total. The van der Waals surface area contributed by atoms with Crippen molar-refractivity contribution in [3.05, 3.63) is 12.1 Å². The van der Waals surface area contributed by atoms with E-state index in [2.05, 4.69) is 0 Å². The highest BCUT2D eigenvalue weighted by atomic mass is 16.8. The van der Waals surface area contributed by atoms with E-state index in [4.69, 9.17) is 33.2 Å². The van der Waals surface area contributed by atoms with Gasteiger partial charge in [0.15, 0.2) is 11.5 Å². The predicted molar refractivity (Wildman–Crippen MR) is 137 cm³/mol. The molecule has 0 unspecified atom stereocenters. The summed E-state index contributed by atoms with van der Waals surface area (Å²) in [6.45, 7) is 19.7. The molecule has 0 aliphatic rings. The van der Waals surface area contributed by atoms with Crippen LogP contribution in [0.4, 0.5) is 14.4 Å². The molecule has 1 aromatic rings. The highest BCUT2D eigenvalue weighted by Gasteiger charge is 2.32. The van der Waals surface area contributed by atoms with E-state index in [0.717, 1.165) is 12.1 Å². The Hall–Kier alpha value is -3.50. The Morgan fingerprint density at radius 3 is 1.24 bits per heavy atom. The lowest BCUT2D eigenvalue weighted by Gasteiger charge is -2.23. The molecule has 0 aromatic heterocycles. The quantitative estimate of drug-likeness (QED) is 0.160. The second kappa shape index (κ2) is 11.9. The molecule has 0 fully saturated rings. The predicted octanol–water partition coefficient (Wildman–Crippen LogP) is 6.97. The standard InChI is InChI=1S/C27H40O11/c1-13-27(11,12)20(28)32-16-14-17(33-21(29)36-24(2,3)4)19(35-23(31)38-26(8,9)10)18(15-16)34-22(30)37-25(5,6)7/h14-15H,13H2,1-12H3. The van der Waals surface area contributed by atoms with Gasteiger partial charge in [-0.3, -0.25) is 4.79 Å². The van der Waals surface area contributed by atoms with Crippen molar-refractivity contribution in [2.45, 2.75) is 106 Å². The van der Waals surface area contributed by atoms with Gasteiger partial charge in [-0.1, -0.05) is 6.92 Å². The topological polar surface area (TPSA) is 133 Å². The minimum atomic E-state index is -1.18. The SMILES string of the molecule is CCC(C)(C)C(=O)Oc1cc(OC(=O)OC(C)(C)C)c(OC(=O)OC(C)(C)C)c(OC(=O)OC(C)(C)C)c1. The van der Waals surface area contributed by atoms with Gasteiger partial charge < -0.3 is 33.2 Å². The summed E-state index contributed by atoms with van der Waals surface area (Å²) in [5.74, 6) is -2.16. The molecule has 0 bridgehead atoms. The molecular weight excluding hydrogens is 500 g/mol. The maximum atomic E-state index is 12.7. The van der Waals surface area contributed by atoms with Crippen LogP contribution in [-0.4, -0.2) is 41.2 Å². The van der Waals surface area contributed by atoms with E-state index >= 15 is 0 Å². The molecule has 0 saturated carbocycles. The van der Waals surface area contributed by atoms with Crippen LogP contribution in [0.25, 0.3) is 0 Å². The first-order chi connectivity index (χ1) is 17.0. The van der Waals surface area contributed by atoms with Crippen LogP contribution in [0.15, 0.2) is 12.1 Å². The third-order valence-electron chi connectivity index (χ3n) is 4.38. The summed E-state index contributed by atoms with van der Waals surface area (Å²) >= 11 is 0. The van der Waals surface area contributed by atoms with Crippen LogP contribution in [0.1, 0.15) is 89.5 Å². The van der Waals surface area contributed by atoms with Gasteiger partial charge in [-0.05, 0) is 82.6 Å². The Kier molecular flexibility index (Phi) is 10.2. The van der Waals surface area contributed by atoms with E-state index in [1.165, 1.54) is 0 Å². The fourth-order valence-corrected chi connectivity index (χ4v) is 2.33. The van der Waals surface area contributed by atoms with Crippen LogP contribution in [0, 0.1) is 5.41 Å². The zero-order valence-electron chi connectivity index (χ0n) is 24.4. The Balaban J connectivity index is 3.67. The lowest BCUT2D eigenvalue weighted by Crippen LogP contribution is -2.29.